The fourth-order valence-electron chi connectivity index (χ4n) is 4.11. The molecule has 4 aliphatic rings. The van der Waals surface area contributed by atoms with Crippen molar-refractivity contribution >= 4 is 17.7 Å². The molecule has 0 unspecified atom stereocenters. The molecule has 24 heavy (non-hydrogen) atoms. The van der Waals surface area contributed by atoms with Crippen LogP contribution in [-0.4, -0.2) is 50.9 Å². The molecule has 2 aromatic rings. The Morgan fingerprint density at radius 2 is 2.12 bits per heavy atom. The van der Waals surface area contributed by atoms with Gasteiger partial charge in [0.2, 0.25) is 11.9 Å². The van der Waals surface area contributed by atoms with Crippen molar-refractivity contribution in [3.8, 4) is 0 Å². The van der Waals surface area contributed by atoms with Crippen LogP contribution in [0.1, 0.15) is 31.7 Å². The molecule has 0 aromatic carbocycles. The van der Waals surface area contributed by atoms with Crippen molar-refractivity contribution in [1.29, 1.82) is 0 Å². The molecular weight excluding hydrogens is 304 g/mol. The summed E-state index contributed by atoms with van der Waals surface area (Å²) in [5.74, 6) is 2.16. The lowest BCUT2D eigenvalue weighted by molar-refractivity contribution is 0.196. The van der Waals surface area contributed by atoms with Gasteiger partial charge in [0.15, 0.2) is 0 Å². The lowest BCUT2D eigenvalue weighted by Crippen LogP contribution is -2.41. The normalized spacial score (nSPS) is 28.0. The van der Waals surface area contributed by atoms with Gasteiger partial charge in [0.1, 0.15) is 12.1 Å². The molecule has 0 amide bonds. The van der Waals surface area contributed by atoms with Crippen molar-refractivity contribution in [2.75, 3.05) is 30.4 Å². The molecule has 2 aliphatic heterocycles. The van der Waals surface area contributed by atoms with Gasteiger partial charge in [-0.3, -0.25) is 0 Å². The van der Waals surface area contributed by atoms with E-state index in [1.165, 1.54) is 25.7 Å². The summed E-state index contributed by atoms with van der Waals surface area (Å²) in [5.41, 5.74) is 0.413. The number of hydrogen-bond donors (Lipinski definition) is 2. The molecule has 4 fully saturated rings. The molecule has 2 bridgehead atoms. The molecule has 8 nitrogen and oxygen atoms in total. The number of fused-ring (bicyclic) bond motifs is 1. The van der Waals surface area contributed by atoms with Gasteiger partial charge in [-0.05, 0) is 38.8 Å². The smallest absolute Gasteiger partial charge is 0.247 e. The van der Waals surface area contributed by atoms with Crippen LogP contribution in [0.25, 0.3) is 0 Å². The highest BCUT2D eigenvalue weighted by atomic mass is 15.4. The SMILES string of the molecule is CNCC12CC(C1)N(c1nccc(Nc3ncn(C4CC4)n3)n1)C2. The Kier molecular flexibility index (Phi) is 3.03. The lowest BCUT2D eigenvalue weighted by atomic mass is 9.70. The zero-order chi connectivity index (χ0) is 16.1. The van der Waals surface area contributed by atoms with E-state index in [1.54, 1.807) is 6.33 Å². The van der Waals surface area contributed by atoms with Gasteiger partial charge in [-0.15, -0.1) is 5.10 Å². The zero-order valence-corrected chi connectivity index (χ0v) is 13.8. The van der Waals surface area contributed by atoms with Crippen LogP contribution in [0, 0.1) is 5.41 Å². The Morgan fingerprint density at radius 1 is 1.25 bits per heavy atom. The summed E-state index contributed by atoms with van der Waals surface area (Å²) in [6.45, 7) is 2.11. The third-order valence-corrected chi connectivity index (χ3v) is 5.40. The molecule has 6 rings (SSSR count). The maximum absolute atomic E-state index is 4.68. The molecule has 8 heteroatoms. The van der Waals surface area contributed by atoms with Crippen molar-refractivity contribution < 1.29 is 0 Å². The maximum Gasteiger partial charge on any atom is 0.247 e. The quantitative estimate of drug-likeness (QED) is 0.828. The minimum Gasteiger partial charge on any atom is -0.337 e. The fraction of sp³-hybridized carbons (Fsp3) is 0.625. The maximum atomic E-state index is 4.68. The lowest BCUT2D eigenvalue weighted by Gasteiger charge is -2.36. The van der Waals surface area contributed by atoms with Crippen molar-refractivity contribution in [2.24, 2.45) is 5.41 Å². The Labute approximate surface area is 140 Å². The number of nitrogens with one attached hydrogen (secondary N) is 2. The van der Waals surface area contributed by atoms with Gasteiger partial charge >= 0.3 is 0 Å². The summed E-state index contributed by atoms with van der Waals surface area (Å²) in [6, 6.07) is 2.99. The van der Waals surface area contributed by atoms with E-state index in [-0.39, 0.29) is 0 Å². The monoisotopic (exact) mass is 326 g/mol. The van der Waals surface area contributed by atoms with Crippen molar-refractivity contribution in [3.05, 3.63) is 18.6 Å². The number of anilines is 3. The highest BCUT2D eigenvalue weighted by molar-refractivity contribution is 5.51. The summed E-state index contributed by atoms with van der Waals surface area (Å²) in [7, 11) is 2.03. The average Bonchev–Trinajstić information content (AvgIpc) is 3.04. The molecule has 0 atom stereocenters. The largest absolute Gasteiger partial charge is 0.337 e. The van der Waals surface area contributed by atoms with Crippen molar-refractivity contribution in [3.63, 3.8) is 0 Å². The van der Waals surface area contributed by atoms with E-state index in [4.69, 9.17) is 0 Å². The molecule has 2 aliphatic carbocycles. The van der Waals surface area contributed by atoms with E-state index in [1.807, 2.05) is 24.0 Å². The first-order valence-electron chi connectivity index (χ1n) is 8.67. The number of nitrogens with zero attached hydrogens (tertiary/aromatic N) is 6. The number of rotatable bonds is 6. The molecule has 2 N–H and O–H groups in total. The van der Waals surface area contributed by atoms with Gasteiger partial charge in [0.05, 0.1) is 6.04 Å². The van der Waals surface area contributed by atoms with Crippen LogP contribution in [0.15, 0.2) is 18.6 Å². The van der Waals surface area contributed by atoms with Crippen molar-refractivity contribution in [1.82, 2.24) is 30.0 Å². The van der Waals surface area contributed by atoms with Gasteiger partial charge in [0, 0.05) is 30.7 Å². The third kappa shape index (κ3) is 2.32. The summed E-state index contributed by atoms with van der Waals surface area (Å²) < 4.78 is 1.93. The van der Waals surface area contributed by atoms with Crippen LogP contribution in [0.2, 0.25) is 0 Å². The van der Waals surface area contributed by atoms with Crippen LogP contribution < -0.4 is 15.5 Å². The van der Waals surface area contributed by atoms with Gasteiger partial charge in [0.25, 0.3) is 0 Å². The van der Waals surface area contributed by atoms with Crippen LogP contribution in [-0.2, 0) is 0 Å². The predicted molar refractivity (Wildman–Crippen MR) is 90.3 cm³/mol. The van der Waals surface area contributed by atoms with Crippen molar-refractivity contribution in [2.45, 2.75) is 37.8 Å². The molecular formula is C16H22N8. The summed E-state index contributed by atoms with van der Waals surface area (Å²) in [4.78, 5) is 15.8. The fourth-order valence-corrected chi connectivity index (χ4v) is 4.11. The topological polar surface area (TPSA) is 83.8 Å². The summed E-state index contributed by atoms with van der Waals surface area (Å²) in [5, 5.41) is 11.0. The second-order valence-electron chi connectivity index (χ2n) is 7.37. The second-order valence-corrected chi connectivity index (χ2v) is 7.37. The molecule has 126 valence electrons. The van der Waals surface area contributed by atoms with Gasteiger partial charge in [-0.2, -0.15) is 4.98 Å². The van der Waals surface area contributed by atoms with E-state index in [0.29, 0.717) is 23.4 Å². The molecule has 2 saturated carbocycles. The highest BCUT2D eigenvalue weighted by Crippen LogP contribution is 2.52. The van der Waals surface area contributed by atoms with E-state index >= 15 is 0 Å². The standard InChI is InChI=1S/C16H22N8/c1-17-8-16-6-12(7-16)23(9-16)15-18-5-4-13(21-15)20-14-19-10-24(22-14)11-2-3-11/h4-5,10-12,17H,2-3,6-9H2,1H3,(H,18,20,21,22). The molecule has 2 aromatic heterocycles. The third-order valence-electron chi connectivity index (χ3n) is 5.40. The Bertz CT molecular complexity index is 746. The van der Waals surface area contributed by atoms with Crippen LogP contribution in [0.4, 0.5) is 17.7 Å². The molecule has 4 heterocycles. The zero-order valence-electron chi connectivity index (χ0n) is 13.8. The van der Waals surface area contributed by atoms with E-state index in [2.05, 4.69) is 35.6 Å². The number of aromatic nitrogens is 5. The molecule has 0 radical (unpaired) electrons. The molecule has 2 saturated heterocycles. The Morgan fingerprint density at radius 3 is 2.92 bits per heavy atom. The minimum atomic E-state index is 0.413. The van der Waals surface area contributed by atoms with Crippen LogP contribution in [0.3, 0.4) is 0 Å². The first-order chi connectivity index (χ1) is 11.7. The van der Waals surface area contributed by atoms with E-state index in [0.717, 1.165) is 24.9 Å². The second kappa shape index (κ2) is 5.14. The van der Waals surface area contributed by atoms with Gasteiger partial charge in [-0.1, -0.05) is 0 Å². The first kappa shape index (κ1) is 14.2. The Balaban J connectivity index is 1.31. The van der Waals surface area contributed by atoms with Gasteiger partial charge < -0.3 is 15.5 Å². The summed E-state index contributed by atoms with van der Waals surface area (Å²) in [6.07, 6.45) is 8.47. The Hall–Kier alpha value is -2.22. The van der Waals surface area contributed by atoms with Crippen LogP contribution >= 0.6 is 0 Å². The highest BCUT2D eigenvalue weighted by Gasteiger charge is 2.55. The molecule has 0 spiro atoms. The van der Waals surface area contributed by atoms with Crippen LogP contribution in [0.5, 0.6) is 0 Å². The van der Waals surface area contributed by atoms with Gasteiger partial charge in [-0.25, -0.2) is 14.6 Å². The predicted octanol–water partition coefficient (Wildman–Crippen LogP) is 1.33. The van der Waals surface area contributed by atoms with E-state index in [9.17, 15) is 0 Å². The number of hydrogen-bond acceptors (Lipinski definition) is 7. The first-order valence-corrected chi connectivity index (χ1v) is 8.67. The van der Waals surface area contributed by atoms with E-state index < -0.39 is 0 Å². The average molecular weight is 326 g/mol. The minimum absolute atomic E-state index is 0.413. The summed E-state index contributed by atoms with van der Waals surface area (Å²) >= 11 is 0.